The van der Waals surface area contributed by atoms with Crippen molar-refractivity contribution < 1.29 is 14.3 Å². The van der Waals surface area contributed by atoms with Crippen molar-refractivity contribution in [2.45, 2.75) is 19.8 Å². The zero-order valence-electron chi connectivity index (χ0n) is 12.0. The topological polar surface area (TPSA) is 73.6 Å². The molecule has 0 spiro atoms. The summed E-state index contributed by atoms with van der Waals surface area (Å²) < 4.78 is 10.5. The highest BCUT2D eigenvalue weighted by molar-refractivity contribution is 6.37. The van der Waals surface area contributed by atoms with Crippen LogP contribution in [0.1, 0.15) is 19.8 Å². The van der Waals surface area contributed by atoms with Gasteiger partial charge >= 0.3 is 0 Å². The zero-order valence-corrected chi connectivity index (χ0v) is 13.5. The number of anilines is 2. The maximum Gasteiger partial charge on any atom is 0.224 e. The number of nitrogens with two attached hydrogens (primary N) is 1. The molecule has 0 aliphatic heterocycles. The molecular formula is C14H20Cl2N2O3. The van der Waals surface area contributed by atoms with Crippen molar-refractivity contribution in [1.82, 2.24) is 0 Å². The van der Waals surface area contributed by atoms with E-state index in [0.717, 1.165) is 0 Å². The van der Waals surface area contributed by atoms with Crippen molar-refractivity contribution in [2.75, 3.05) is 37.5 Å². The first-order valence-corrected chi connectivity index (χ1v) is 7.50. The van der Waals surface area contributed by atoms with Crippen LogP contribution < -0.4 is 11.1 Å². The Bertz CT molecular complexity index is 447. The number of amides is 1. The molecule has 0 aliphatic rings. The number of rotatable bonds is 9. The minimum Gasteiger partial charge on any atom is -0.397 e. The molecule has 0 aliphatic carbocycles. The highest BCUT2D eigenvalue weighted by atomic mass is 35.5. The summed E-state index contributed by atoms with van der Waals surface area (Å²) in [7, 11) is 0. The Morgan fingerprint density at radius 3 is 2.62 bits per heavy atom. The van der Waals surface area contributed by atoms with Gasteiger partial charge in [-0.15, -0.1) is 0 Å². The number of nitrogens with one attached hydrogen (secondary N) is 1. The number of halogens is 2. The second-order valence-electron chi connectivity index (χ2n) is 4.31. The predicted octanol–water partition coefficient (Wildman–Crippen LogP) is 3.35. The molecule has 5 nitrogen and oxygen atoms in total. The summed E-state index contributed by atoms with van der Waals surface area (Å²) in [6.45, 7) is 4.21. The highest BCUT2D eigenvalue weighted by Gasteiger charge is 2.10. The molecule has 0 bridgehead atoms. The maximum atomic E-state index is 11.8. The van der Waals surface area contributed by atoms with E-state index in [2.05, 4.69) is 5.32 Å². The van der Waals surface area contributed by atoms with Gasteiger partial charge in [-0.1, -0.05) is 23.2 Å². The normalized spacial score (nSPS) is 10.6. The Labute approximate surface area is 134 Å². The van der Waals surface area contributed by atoms with Crippen LogP contribution >= 0.6 is 23.2 Å². The van der Waals surface area contributed by atoms with Gasteiger partial charge in [0.2, 0.25) is 5.91 Å². The average Bonchev–Trinajstić information content (AvgIpc) is 2.42. The van der Waals surface area contributed by atoms with Crippen molar-refractivity contribution in [3.8, 4) is 0 Å². The van der Waals surface area contributed by atoms with E-state index < -0.39 is 0 Å². The third-order valence-electron chi connectivity index (χ3n) is 2.62. The number of carbonyl (C=O) groups is 1. The van der Waals surface area contributed by atoms with E-state index in [1.807, 2.05) is 6.92 Å². The molecule has 0 aromatic heterocycles. The number of nitrogen functional groups attached to an aromatic ring is 1. The van der Waals surface area contributed by atoms with E-state index in [4.69, 9.17) is 38.4 Å². The summed E-state index contributed by atoms with van der Waals surface area (Å²) in [5.74, 6) is -0.167. The monoisotopic (exact) mass is 334 g/mol. The summed E-state index contributed by atoms with van der Waals surface area (Å²) in [5.41, 5.74) is 6.50. The van der Waals surface area contributed by atoms with Crippen molar-refractivity contribution in [3.63, 3.8) is 0 Å². The Morgan fingerprint density at radius 1 is 1.24 bits per heavy atom. The van der Waals surface area contributed by atoms with Crippen LogP contribution in [0.25, 0.3) is 0 Å². The molecule has 21 heavy (non-hydrogen) atoms. The second kappa shape index (κ2) is 9.84. The molecular weight excluding hydrogens is 315 g/mol. The molecule has 0 radical (unpaired) electrons. The lowest BCUT2D eigenvalue weighted by molar-refractivity contribution is -0.116. The van der Waals surface area contributed by atoms with Gasteiger partial charge < -0.3 is 20.5 Å². The largest absolute Gasteiger partial charge is 0.397 e. The summed E-state index contributed by atoms with van der Waals surface area (Å²) in [5, 5.41) is 3.43. The van der Waals surface area contributed by atoms with E-state index in [-0.39, 0.29) is 5.91 Å². The van der Waals surface area contributed by atoms with Crippen LogP contribution in [0.2, 0.25) is 10.0 Å². The molecule has 1 rings (SSSR count). The Kier molecular flexibility index (Phi) is 8.45. The van der Waals surface area contributed by atoms with E-state index in [1.165, 1.54) is 6.07 Å². The molecule has 7 heteroatoms. The van der Waals surface area contributed by atoms with Crippen LogP contribution in [-0.4, -0.2) is 32.3 Å². The van der Waals surface area contributed by atoms with E-state index in [9.17, 15) is 4.79 Å². The second-order valence-corrected chi connectivity index (χ2v) is 5.16. The average molecular weight is 335 g/mol. The summed E-state index contributed by atoms with van der Waals surface area (Å²) in [4.78, 5) is 11.8. The van der Waals surface area contributed by atoms with Gasteiger partial charge in [-0.3, -0.25) is 4.79 Å². The number of hydrogen-bond donors (Lipinski definition) is 2. The Hall–Kier alpha value is -1.01. The van der Waals surface area contributed by atoms with Gasteiger partial charge in [0.05, 0.1) is 29.6 Å². The number of benzene rings is 1. The fourth-order valence-corrected chi connectivity index (χ4v) is 2.18. The number of ether oxygens (including phenoxy) is 2. The van der Waals surface area contributed by atoms with Crippen LogP contribution in [0.3, 0.4) is 0 Å². The van der Waals surface area contributed by atoms with E-state index >= 15 is 0 Å². The zero-order chi connectivity index (χ0) is 15.7. The molecule has 3 N–H and O–H groups in total. The first-order valence-electron chi connectivity index (χ1n) is 6.74. The molecule has 118 valence electrons. The smallest absolute Gasteiger partial charge is 0.224 e. The van der Waals surface area contributed by atoms with Crippen molar-refractivity contribution in [2.24, 2.45) is 0 Å². The van der Waals surface area contributed by atoms with Crippen molar-refractivity contribution in [3.05, 3.63) is 22.2 Å². The SMILES string of the molecule is CCOCCOCCCC(=O)Nc1c(N)cc(Cl)cc1Cl. The van der Waals surface area contributed by atoms with Crippen LogP contribution in [0.15, 0.2) is 12.1 Å². The van der Waals surface area contributed by atoms with Crippen molar-refractivity contribution >= 4 is 40.5 Å². The predicted molar refractivity (Wildman–Crippen MR) is 86.1 cm³/mol. The molecule has 1 aromatic rings. The van der Waals surface area contributed by atoms with E-state index in [0.29, 0.717) is 60.7 Å². The summed E-state index contributed by atoms with van der Waals surface area (Å²) in [6.07, 6.45) is 0.941. The Balaban J connectivity index is 2.28. The first kappa shape index (κ1) is 18.0. The van der Waals surface area contributed by atoms with Gasteiger partial charge in [0.1, 0.15) is 0 Å². The lowest BCUT2D eigenvalue weighted by Crippen LogP contribution is -2.14. The van der Waals surface area contributed by atoms with Gasteiger partial charge in [0, 0.05) is 24.7 Å². The van der Waals surface area contributed by atoms with Gasteiger partial charge in [0.25, 0.3) is 0 Å². The van der Waals surface area contributed by atoms with Crippen molar-refractivity contribution in [1.29, 1.82) is 0 Å². The summed E-state index contributed by atoms with van der Waals surface area (Å²) >= 11 is 11.8. The van der Waals surface area contributed by atoms with Gasteiger partial charge in [0.15, 0.2) is 0 Å². The van der Waals surface area contributed by atoms with Crippen LogP contribution in [0, 0.1) is 0 Å². The molecule has 0 saturated carbocycles. The molecule has 0 fully saturated rings. The minimum absolute atomic E-state index is 0.167. The molecule has 0 saturated heterocycles. The first-order chi connectivity index (χ1) is 10.0. The summed E-state index contributed by atoms with van der Waals surface area (Å²) in [6, 6.07) is 3.08. The third-order valence-corrected chi connectivity index (χ3v) is 3.13. The fraction of sp³-hybridized carbons (Fsp3) is 0.500. The maximum absolute atomic E-state index is 11.8. The van der Waals surface area contributed by atoms with Crippen LogP contribution in [-0.2, 0) is 14.3 Å². The van der Waals surface area contributed by atoms with Gasteiger partial charge in [-0.05, 0) is 25.5 Å². The van der Waals surface area contributed by atoms with Gasteiger partial charge in [-0.25, -0.2) is 0 Å². The van der Waals surface area contributed by atoms with Gasteiger partial charge in [-0.2, -0.15) is 0 Å². The standard InChI is InChI=1S/C14H20Cl2N2O3/c1-2-20-6-7-21-5-3-4-13(19)18-14-11(16)8-10(15)9-12(14)17/h8-9H,2-7,17H2,1H3,(H,18,19). The number of carbonyl (C=O) groups excluding carboxylic acids is 1. The molecule has 0 unspecified atom stereocenters. The number of hydrogen-bond acceptors (Lipinski definition) is 4. The quantitative estimate of drug-likeness (QED) is 0.536. The fourth-order valence-electron chi connectivity index (χ4n) is 1.63. The minimum atomic E-state index is -0.167. The molecule has 0 atom stereocenters. The lowest BCUT2D eigenvalue weighted by atomic mass is 10.2. The molecule has 0 heterocycles. The Morgan fingerprint density at radius 2 is 1.95 bits per heavy atom. The van der Waals surface area contributed by atoms with Crippen LogP contribution in [0.5, 0.6) is 0 Å². The van der Waals surface area contributed by atoms with E-state index in [1.54, 1.807) is 6.07 Å². The van der Waals surface area contributed by atoms with Crippen LogP contribution in [0.4, 0.5) is 11.4 Å². The lowest BCUT2D eigenvalue weighted by Gasteiger charge is -2.11. The molecule has 1 amide bonds. The third kappa shape index (κ3) is 7.00. The molecule has 1 aromatic carbocycles. The highest BCUT2D eigenvalue weighted by Crippen LogP contribution is 2.32.